The van der Waals surface area contributed by atoms with Crippen LogP contribution in [-0.4, -0.2) is 44.1 Å². The molecule has 5 nitrogen and oxygen atoms in total. The van der Waals surface area contributed by atoms with E-state index in [4.69, 9.17) is 4.55 Å². The minimum Gasteiger partial charge on any atom is -0.391 e. The molecular weight excluding hydrogens is 347 g/mol. The highest BCUT2D eigenvalue weighted by Gasteiger charge is 2.58. The average molecular weight is 365 g/mol. The molecular formula is C15H18F3NO4S. The van der Waals surface area contributed by atoms with Gasteiger partial charge < -0.3 is 19.7 Å². The second-order valence-electron chi connectivity index (χ2n) is 6.22. The van der Waals surface area contributed by atoms with Crippen molar-refractivity contribution < 1.29 is 32.1 Å². The van der Waals surface area contributed by atoms with E-state index in [2.05, 4.69) is 0 Å². The SMILES string of the molecule is O=S(O)Cc1ccc(N2CCC[C@H](O)C2)c2c1[C@H](O)C(F)(F)[C@@H]2F. The Morgan fingerprint density at radius 3 is 2.62 bits per heavy atom. The molecule has 1 aromatic carbocycles. The van der Waals surface area contributed by atoms with Crippen LogP contribution in [0.1, 0.15) is 41.8 Å². The highest BCUT2D eigenvalue weighted by Crippen LogP contribution is 2.56. The summed E-state index contributed by atoms with van der Waals surface area (Å²) in [7, 11) is 0. The van der Waals surface area contributed by atoms with Crippen LogP contribution >= 0.6 is 0 Å². The Kier molecular flexibility index (Phi) is 4.63. The lowest BCUT2D eigenvalue weighted by molar-refractivity contribution is -0.143. The molecule has 0 bridgehead atoms. The Labute approximate surface area is 139 Å². The predicted octanol–water partition coefficient (Wildman–Crippen LogP) is 2.06. The number of aliphatic hydroxyl groups is 2. The molecule has 24 heavy (non-hydrogen) atoms. The van der Waals surface area contributed by atoms with Gasteiger partial charge in [0.2, 0.25) is 0 Å². The van der Waals surface area contributed by atoms with Crippen molar-refractivity contribution in [2.24, 2.45) is 0 Å². The summed E-state index contributed by atoms with van der Waals surface area (Å²) >= 11 is -2.31. The molecule has 1 heterocycles. The summed E-state index contributed by atoms with van der Waals surface area (Å²) in [6, 6.07) is 2.78. The van der Waals surface area contributed by atoms with Gasteiger partial charge in [0.1, 0.15) is 6.10 Å². The van der Waals surface area contributed by atoms with Crippen molar-refractivity contribution in [1.82, 2.24) is 0 Å². The standard InChI is InChI=1S/C15H18F3NO4S/c16-13-12-10(19-5-1-2-9(20)6-19)4-3-8(7-24(22)23)11(12)14(21)15(13,17)18/h3-4,9,13-14,20-21H,1-2,5-7H2,(H,22,23)/t9-,13+,14-/m0/s1. The van der Waals surface area contributed by atoms with Gasteiger partial charge in [-0.2, -0.15) is 8.78 Å². The first kappa shape index (κ1) is 17.7. The van der Waals surface area contributed by atoms with Gasteiger partial charge in [0.05, 0.1) is 11.9 Å². The van der Waals surface area contributed by atoms with Crippen molar-refractivity contribution in [3.8, 4) is 0 Å². The van der Waals surface area contributed by atoms with Crippen LogP contribution in [0, 0.1) is 0 Å². The quantitative estimate of drug-likeness (QED) is 0.715. The lowest BCUT2D eigenvalue weighted by Crippen LogP contribution is -2.39. The number of aliphatic hydroxyl groups excluding tert-OH is 2. The van der Waals surface area contributed by atoms with Crippen LogP contribution in [-0.2, 0) is 16.8 Å². The van der Waals surface area contributed by atoms with E-state index in [0.29, 0.717) is 19.4 Å². The van der Waals surface area contributed by atoms with Crippen molar-refractivity contribution in [2.75, 3.05) is 18.0 Å². The zero-order chi connectivity index (χ0) is 17.6. The number of rotatable bonds is 3. The smallest absolute Gasteiger partial charge is 0.312 e. The second-order valence-corrected chi connectivity index (χ2v) is 7.15. The Hall–Kier alpha value is -1.16. The van der Waals surface area contributed by atoms with Crippen LogP contribution in [0.15, 0.2) is 12.1 Å². The zero-order valence-corrected chi connectivity index (χ0v) is 13.5. The van der Waals surface area contributed by atoms with Crippen molar-refractivity contribution in [3.63, 3.8) is 0 Å². The lowest BCUT2D eigenvalue weighted by atomic mass is 9.98. The number of anilines is 1. The van der Waals surface area contributed by atoms with E-state index < -0.39 is 41.1 Å². The third-order valence-electron chi connectivity index (χ3n) is 4.60. The molecule has 4 atom stereocenters. The van der Waals surface area contributed by atoms with Gasteiger partial charge in [-0.05, 0) is 30.0 Å². The third-order valence-corrected chi connectivity index (χ3v) is 5.16. The number of benzene rings is 1. The molecule has 1 fully saturated rings. The number of β-amino-alcohol motifs (C(OH)–C–C–N with tert-alkyl or cyclic N) is 1. The van der Waals surface area contributed by atoms with Crippen LogP contribution in [0.3, 0.4) is 0 Å². The minimum atomic E-state index is -4.00. The molecule has 1 saturated heterocycles. The van der Waals surface area contributed by atoms with Gasteiger partial charge in [0, 0.05) is 24.3 Å². The van der Waals surface area contributed by atoms with E-state index in [1.165, 1.54) is 12.1 Å². The number of hydrogen-bond acceptors (Lipinski definition) is 4. The number of halogens is 3. The zero-order valence-electron chi connectivity index (χ0n) is 12.7. The molecule has 3 rings (SSSR count). The summed E-state index contributed by atoms with van der Waals surface area (Å²) in [5.41, 5.74) is -0.434. The molecule has 0 spiro atoms. The van der Waals surface area contributed by atoms with Crippen LogP contribution in [0.5, 0.6) is 0 Å². The fourth-order valence-electron chi connectivity index (χ4n) is 3.49. The number of alkyl halides is 3. The fourth-order valence-corrected chi connectivity index (χ4v) is 4.01. The first-order valence-corrected chi connectivity index (χ1v) is 8.87. The molecule has 0 radical (unpaired) electrons. The molecule has 2 aliphatic rings. The predicted molar refractivity (Wildman–Crippen MR) is 82.1 cm³/mol. The van der Waals surface area contributed by atoms with Crippen molar-refractivity contribution in [2.45, 2.75) is 42.9 Å². The van der Waals surface area contributed by atoms with E-state index >= 15 is 0 Å². The molecule has 0 amide bonds. The Bertz CT molecular complexity index is 672. The van der Waals surface area contributed by atoms with Gasteiger partial charge in [-0.3, -0.25) is 0 Å². The Balaban J connectivity index is 2.12. The van der Waals surface area contributed by atoms with Crippen molar-refractivity contribution in [3.05, 3.63) is 28.8 Å². The van der Waals surface area contributed by atoms with Gasteiger partial charge in [0.15, 0.2) is 17.3 Å². The van der Waals surface area contributed by atoms with Crippen molar-refractivity contribution in [1.29, 1.82) is 0 Å². The fraction of sp³-hybridized carbons (Fsp3) is 0.600. The largest absolute Gasteiger partial charge is 0.391 e. The summed E-state index contributed by atoms with van der Waals surface area (Å²) in [5, 5.41) is 19.7. The van der Waals surface area contributed by atoms with E-state index in [1.54, 1.807) is 4.90 Å². The average Bonchev–Trinajstić information content (AvgIpc) is 2.69. The van der Waals surface area contributed by atoms with Gasteiger partial charge in [-0.15, -0.1) is 0 Å². The molecule has 0 aromatic heterocycles. The molecule has 3 N–H and O–H groups in total. The highest BCUT2D eigenvalue weighted by molar-refractivity contribution is 7.78. The summed E-state index contributed by atoms with van der Waals surface area (Å²) in [5.74, 6) is -4.47. The van der Waals surface area contributed by atoms with Gasteiger partial charge >= 0.3 is 5.92 Å². The van der Waals surface area contributed by atoms with Crippen LogP contribution in [0.2, 0.25) is 0 Å². The van der Waals surface area contributed by atoms with Gasteiger partial charge in [-0.25, -0.2) is 8.60 Å². The van der Waals surface area contributed by atoms with Crippen molar-refractivity contribution >= 4 is 16.8 Å². The summed E-state index contributed by atoms with van der Waals surface area (Å²) in [4.78, 5) is 1.62. The first-order chi connectivity index (χ1) is 11.2. The van der Waals surface area contributed by atoms with Crippen LogP contribution in [0.4, 0.5) is 18.9 Å². The lowest BCUT2D eigenvalue weighted by Gasteiger charge is -2.34. The van der Waals surface area contributed by atoms with Crippen LogP contribution < -0.4 is 4.90 Å². The van der Waals surface area contributed by atoms with Crippen LogP contribution in [0.25, 0.3) is 0 Å². The molecule has 1 aliphatic heterocycles. The molecule has 1 aromatic rings. The maximum atomic E-state index is 14.4. The Morgan fingerprint density at radius 1 is 1.29 bits per heavy atom. The van der Waals surface area contributed by atoms with E-state index in [-0.39, 0.29) is 28.9 Å². The number of hydrogen-bond donors (Lipinski definition) is 3. The second kappa shape index (κ2) is 6.29. The summed E-state index contributed by atoms with van der Waals surface area (Å²) in [6.45, 7) is 0.662. The van der Waals surface area contributed by atoms with E-state index in [0.717, 1.165) is 0 Å². The number of piperidine rings is 1. The monoisotopic (exact) mass is 365 g/mol. The topological polar surface area (TPSA) is 81.0 Å². The highest BCUT2D eigenvalue weighted by atomic mass is 32.2. The van der Waals surface area contributed by atoms with E-state index in [1.807, 2.05) is 0 Å². The maximum Gasteiger partial charge on any atom is 0.312 e. The van der Waals surface area contributed by atoms with Gasteiger partial charge in [0.25, 0.3) is 0 Å². The third kappa shape index (κ3) is 2.83. The number of fused-ring (bicyclic) bond motifs is 1. The molecule has 0 saturated carbocycles. The van der Waals surface area contributed by atoms with Gasteiger partial charge in [-0.1, -0.05) is 6.07 Å². The molecule has 1 unspecified atom stereocenters. The normalized spacial score (nSPS) is 30.2. The number of nitrogens with zero attached hydrogens (tertiary/aromatic N) is 1. The first-order valence-electron chi connectivity index (χ1n) is 7.59. The summed E-state index contributed by atoms with van der Waals surface area (Å²) < 4.78 is 62.6. The van der Waals surface area contributed by atoms with E-state index in [9.17, 15) is 27.6 Å². The molecule has 134 valence electrons. The minimum absolute atomic E-state index is 0.0273. The Morgan fingerprint density at radius 2 is 2.00 bits per heavy atom. The molecule has 1 aliphatic carbocycles. The maximum absolute atomic E-state index is 14.4. The summed E-state index contributed by atoms with van der Waals surface area (Å²) in [6.07, 6.45) is -4.49. The molecule has 9 heteroatoms.